The van der Waals surface area contributed by atoms with Crippen LogP contribution in [0.4, 0.5) is 8.78 Å². The van der Waals surface area contributed by atoms with E-state index in [1.807, 2.05) is 13.8 Å². The Morgan fingerprint density at radius 1 is 1.29 bits per heavy atom. The Labute approximate surface area is 101 Å². The third-order valence-electron chi connectivity index (χ3n) is 4.45. The highest BCUT2D eigenvalue weighted by Gasteiger charge is 2.62. The number of fused-ring (bicyclic) bond motifs is 1. The summed E-state index contributed by atoms with van der Waals surface area (Å²) in [6.45, 7) is 5.87. The minimum Gasteiger partial charge on any atom is -0.466 e. The molecule has 2 nitrogen and oxygen atoms in total. The first-order valence-electron chi connectivity index (χ1n) is 6.26. The van der Waals surface area contributed by atoms with Crippen molar-refractivity contribution in [3.8, 4) is 0 Å². The normalized spacial score (nSPS) is 43.5. The first-order chi connectivity index (χ1) is 7.71. The molecule has 3 atom stereocenters. The van der Waals surface area contributed by atoms with E-state index >= 15 is 0 Å². The van der Waals surface area contributed by atoms with Gasteiger partial charge in [-0.15, -0.1) is 0 Å². The van der Waals surface area contributed by atoms with Gasteiger partial charge in [-0.2, -0.15) is 0 Å². The number of hydrogen-bond acceptors (Lipinski definition) is 2. The van der Waals surface area contributed by atoms with Crippen LogP contribution in [0.5, 0.6) is 0 Å². The molecule has 2 aliphatic rings. The highest BCUT2D eigenvalue weighted by atomic mass is 19.3. The molecule has 98 valence electrons. The second-order valence-electron chi connectivity index (χ2n) is 6.25. The molecule has 0 heterocycles. The fourth-order valence-corrected chi connectivity index (χ4v) is 3.91. The van der Waals surface area contributed by atoms with E-state index in [-0.39, 0.29) is 24.7 Å². The molecule has 2 aliphatic carbocycles. The Hall–Kier alpha value is -0.670. The molecule has 0 aromatic rings. The number of hydrogen-bond donors (Lipinski definition) is 0. The van der Waals surface area contributed by atoms with E-state index in [0.29, 0.717) is 19.4 Å². The van der Waals surface area contributed by atoms with Gasteiger partial charge in [0.2, 0.25) is 5.92 Å². The zero-order valence-corrected chi connectivity index (χ0v) is 10.7. The summed E-state index contributed by atoms with van der Waals surface area (Å²) in [4.78, 5) is 11.9. The van der Waals surface area contributed by atoms with Crippen LogP contribution in [0, 0.1) is 16.7 Å². The average Bonchev–Trinajstić information content (AvgIpc) is 2.48. The smallest absolute Gasteiger partial charge is 0.311 e. The summed E-state index contributed by atoms with van der Waals surface area (Å²) < 4.78 is 31.9. The van der Waals surface area contributed by atoms with E-state index in [1.54, 1.807) is 6.92 Å². The molecule has 0 N–H and O–H groups in total. The monoisotopic (exact) mass is 246 g/mol. The van der Waals surface area contributed by atoms with E-state index in [2.05, 4.69) is 0 Å². The van der Waals surface area contributed by atoms with E-state index in [0.717, 1.165) is 0 Å². The van der Waals surface area contributed by atoms with Crippen molar-refractivity contribution in [3.63, 3.8) is 0 Å². The van der Waals surface area contributed by atoms with Gasteiger partial charge < -0.3 is 4.74 Å². The van der Waals surface area contributed by atoms with Gasteiger partial charge in [0.05, 0.1) is 12.0 Å². The quantitative estimate of drug-likeness (QED) is 0.698. The molecular weight excluding hydrogens is 226 g/mol. The van der Waals surface area contributed by atoms with E-state index in [9.17, 15) is 13.6 Å². The predicted molar refractivity (Wildman–Crippen MR) is 59.8 cm³/mol. The number of alkyl halides is 2. The van der Waals surface area contributed by atoms with Gasteiger partial charge in [-0.3, -0.25) is 4.79 Å². The molecule has 0 radical (unpaired) electrons. The van der Waals surface area contributed by atoms with Crippen LogP contribution in [0.15, 0.2) is 0 Å². The van der Waals surface area contributed by atoms with Crippen LogP contribution < -0.4 is 0 Å². The fourth-order valence-electron chi connectivity index (χ4n) is 3.91. The van der Waals surface area contributed by atoms with E-state index < -0.39 is 16.8 Å². The first-order valence-corrected chi connectivity index (χ1v) is 6.26. The summed E-state index contributed by atoms with van der Waals surface area (Å²) in [5.41, 5.74) is -0.961. The van der Waals surface area contributed by atoms with E-state index in [1.165, 1.54) is 0 Å². The van der Waals surface area contributed by atoms with Gasteiger partial charge in [-0.25, -0.2) is 8.78 Å². The van der Waals surface area contributed by atoms with Gasteiger partial charge in [0.25, 0.3) is 0 Å². The molecule has 0 aromatic carbocycles. The lowest BCUT2D eigenvalue weighted by molar-refractivity contribution is -0.155. The van der Waals surface area contributed by atoms with Crippen LogP contribution in [0.1, 0.15) is 46.5 Å². The van der Waals surface area contributed by atoms with Crippen molar-refractivity contribution < 1.29 is 18.3 Å². The molecule has 0 amide bonds. The van der Waals surface area contributed by atoms with Gasteiger partial charge in [0.15, 0.2) is 0 Å². The van der Waals surface area contributed by atoms with E-state index in [4.69, 9.17) is 4.74 Å². The highest BCUT2D eigenvalue weighted by molar-refractivity contribution is 5.77. The first kappa shape index (κ1) is 12.8. The summed E-state index contributed by atoms with van der Waals surface area (Å²) in [5.74, 6) is -2.82. The van der Waals surface area contributed by atoms with Gasteiger partial charge >= 0.3 is 5.97 Å². The van der Waals surface area contributed by atoms with Gasteiger partial charge in [-0.05, 0) is 38.0 Å². The number of rotatable bonds is 2. The molecule has 2 rings (SSSR count). The fraction of sp³-hybridized carbons (Fsp3) is 0.923. The lowest BCUT2D eigenvalue weighted by Crippen LogP contribution is -2.30. The Kier molecular flexibility index (Phi) is 2.75. The Morgan fingerprint density at radius 3 is 2.47 bits per heavy atom. The molecule has 17 heavy (non-hydrogen) atoms. The molecular formula is C13H20F2O2. The average molecular weight is 246 g/mol. The Balaban J connectivity index is 2.14. The maximum atomic E-state index is 13.4. The summed E-state index contributed by atoms with van der Waals surface area (Å²) in [5, 5.41) is 0. The second kappa shape index (κ2) is 3.66. The molecule has 2 saturated carbocycles. The molecule has 0 aliphatic heterocycles. The minimum absolute atomic E-state index is 0.0492. The summed E-state index contributed by atoms with van der Waals surface area (Å²) in [7, 11) is 0. The highest BCUT2D eigenvalue weighted by Crippen LogP contribution is 2.64. The Bertz CT molecular complexity index is 342. The van der Waals surface area contributed by atoms with Crippen molar-refractivity contribution in [2.75, 3.05) is 6.61 Å². The predicted octanol–water partition coefficient (Wildman–Crippen LogP) is 3.40. The molecule has 0 spiro atoms. The van der Waals surface area contributed by atoms with Crippen LogP contribution >= 0.6 is 0 Å². The van der Waals surface area contributed by atoms with Crippen molar-refractivity contribution >= 4 is 5.97 Å². The third kappa shape index (κ3) is 2.06. The van der Waals surface area contributed by atoms with Crippen LogP contribution in [0.25, 0.3) is 0 Å². The standard InChI is InChI=1S/C13H20F2O2/c1-4-17-10(16)11(2)5-9-6-13(14,15)8-12(9,3)7-11/h9H,4-8H2,1-3H3. The lowest BCUT2D eigenvalue weighted by atomic mass is 9.80. The van der Waals surface area contributed by atoms with Crippen molar-refractivity contribution in [1.82, 2.24) is 0 Å². The maximum Gasteiger partial charge on any atom is 0.311 e. The minimum atomic E-state index is -2.55. The lowest BCUT2D eigenvalue weighted by Gasteiger charge is -2.27. The second-order valence-corrected chi connectivity index (χ2v) is 6.25. The molecule has 0 saturated heterocycles. The molecule has 4 heteroatoms. The summed E-state index contributed by atoms with van der Waals surface area (Å²) in [6.07, 6.45) is 0.912. The van der Waals surface area contributed by atoms with Crippen molar-refractivity contribution in [2.24, 2.45) is 16.7 Å². The van der Waals surface area contributed by atoms with Crippen molar-refractivity contribution in [2.45, 2.75) is 52.4 Å². The summed E-state index contributed by atoms with van der Waals surface area (Å²) in [6, 6.07) is 0. The molecule has 0 aromatic heterocycles. The van der Waals surface area contributed by atoms with Crippen LogP contribution in [0.2, 0.25) is 0 Å². The van der Waals surface area contributed by atoms with Crippen LogP contribution in [0.3, 0.4) is 0 Å². The van der Waals surface area contributed by atoms with Crippen molar-refractivity contribution in [3.05, 3.63) is 0 Å². The SMILES string of the molecule is CCOC(=O)C1(C)CC2CC(F)(F)CC2(C)C1. The van der Waals surface area contributed by atoms with Gasteiger partial charge in [-0.1, -0.05) is 6.92 Å². The zero-order valence-electron chi connectivity index (χ0n) is 10.7. The number of halogens is 2. The number of esters is 1. The molecule has 2 fully saturated rings. The van der Waals surface area contributed by atoms with Crippen LogP contribution in [-0.4, -0.2) is 18.5 Å². The molecule has 3 unspecified atom stereocenters. The number of carbonyl (C=O) groups excluding carboxylic acids is 1. The topological polar surface area (TPSA) is 26.3 Å². The zero-order chi connectivity index (χ0) is 12.9. The Morgan fingerprint density at radius 2 is 1.94 bits per heavy atom. The summed E-state index contributed by atoms with van der Waals surface area (Å²) >= 11 is 0. The van der Waals surface area contributed by atoms with Crippen molar-refractivity contribution in [1.29, 1.82) is 0 Å². The van der Waals surface area contributed by atoms with Gasteiger partial charge in [0.1, 0.15) is 0 Å². The molecule has 0 bridgehead atoms. The number of carbonyl (C=O) groups is 1. The van der Waals surface area contributed by atoms with Crippen LogP contribution in [-0.2, 0) is 9.53 Å². The van der Waals surface area contributed by atoms with Gasteiger partial charge in [0, 0.05) is 12.8 Å². The number of ether oxygens (including phenoxy) is 1. The third-order valence-corrected chi connectivity index (χ3v) is 4.45. The largest absolute Gasteiger partial charge is 0.466 e. The maximum absolute atomic E-state index is 13.4.